The Morgan fingerprint density at radius 2 is 2.19 bits per heavy atom. The van der Waals surface area contributed by atoms with E-state index in [0.717, 1.165) is 6.54 Å². The Balaban J connectivity index is 1.98. The van der Waals surface area contributed by atoms with Crippen molar-refractivity contribution in [2.45, 2.75) is 19.9 Å². The average molecular weight is 292 g/mol. The molecular weight excluding hydrogens is 272 g/mol. The summed E-state index contributed by atoms with van der Waals surface area (Å²) < 4.78 is 7.60. The number of nitrogens with zero attached hydrogens (tertiary/aromatic N) is 4. The zero-order valence-electron chi connectivity index (χ0n) is 12.4. The molecule has 0 saturated heterocycles. The molecule has 0 N–H and O–H groups in total. The highest BCUT2D eigenvalue weighted by Gasteiger charge is 2.10. The monoisotopic (exact) mass is 292 g/mol. The summed E-state index contributed by atoms with van der Waals surface area (Å²) in [6, 6.07) is 5.45. The Kier molecular flexibility index (Phi) is 5.10. The lowest BCUT2D eigenvalue weighted by Gasteiger charge is -2.19. The van der Waals surface area contributed by atoms with Crippen LogP contribution in [-0.2, 0) is 16.1 Å². The van der Waals surface area contributed by atoms with E-state index in [0.29, 0.717) is 31.7 Å². The normalized spacial score (nSPS) is 11.2. The molecule has 2 rings (SSSR count). The Hall–Kier alpha value is -2.15. The molecule has 0 amide bonds. The van der Waals surface area contributed by atoms with Crippen molar-refractivity contribution in [2.24, 2.45) is 0 Å². The van der Waals surface area contributed by atoms with E-state index < -0.39 is 0 Å². The van der Waals surface area contributed by atoms with Gasteiger partial charge in [-0.2, -0.15) is 0 Å². The van der Waals surface area contributed by atoms with Crippen LogP contribution in [0.25, 0.3) is 5.65 Å². The van der Waals surface area contributed by atoms with Crippen LogP contribution in [0.3, 0.4) is 0 Å². The van der Waals surface area contributed by atoms with Gasteiger partial charge in [0.15, 0.2) is 5.65 Å². The van der Waals surface area contributed by atoms with Gasteiger partial charge in [0.05, 0.1) is 20.1 Å². The molecule has 21 heavy (non-hydrogen) atoms. The van der Waals surface area contributed by atoms with E-state index in [9.17, 15) is 9.59 Å². The van der Waals surface area contributed by atoms with E-state index in [4.69, 9.17) is 0 Å². The van der Waals surface area contributed by atoms with Crippen LogP contribution in [-0.4, -0.2) is 51.8 Å². The lowest BCUT2D eigenvalue weighted by molar-refractivity contribution is -0.140. The van der Waals surface area contributed by atoms with Crippen LogP contribution in [0.2, 0.25) is 0 Å². The Morgan fingerprint density at radius 1 is 1.38 bits per heavy atom. The van der Waals surface area contributed by atoms with Crippen LogP contribution in [0.15, 0.2) is 29.2 Å². The van der Waals surface area contributed by atoms with Crippen molar-refractivity contribution < 1.29 is 9.53 Å². The van der Waals surface area contributed by atoms with Gasteiger partial charge in [-0.25, -0.2) is 9.48 Å². The van der Waals surface area contributed by atoms with Crippen LogP contribution in [0.4, 0.5) is 0 Å². The molecule has 0 saturated carbocycles. The third-order valence-electron chi connectivity index (χ3n) is 3.42. The van der Waals surface area contributed by atoms with Gasteiger partial charge >= 0.3 is 11.7 Å². The second kappa shape index (κ2) is 7.03. The van der Waals surface area contributed by atoms with E-state index >= 15 is 0 Å². The minimum Gasteiger partial charge on any atom is -0.469 e. The summed E-state index contributed by atoms with van der Waals surface area (Å²) in [7, 11) is 1.38. The first-order valence-corrected chi connectivity index (χ1v) is 6.99. The average Bonchev–Trinajstić information content (AvgIpc) is 2.84. The van der Waals surface area contributed by atoms with Crippen LogP contribution < -0.4 is 5.69 Å². The maximum absolute atomic E-state index is 12.1. The van der Waals surface area contributed by atoms with Crippen molar-refractivity contribution in [3.63, 3.8) is 0 Å². The van der Waals surface area contributed by atoms with Gasteiger partial charge in [-0.15, -0.1) is 5.10 Å². The number of esters is 1. The molecule has 0 fully saturated rings. The fourth-order valence-corrected chi connectivity index (χ4v) is 2.13. The fourth-order valence-electron chi connectivity index (χ4n) is 2.13. The quantitative estimate of drug-likeness (QED) is 0.690. The second-order valence-corrected chi connectivity index (χ2v) is 4.69. The first kappa shape index (κ1) is 15.2. The van der Waals surface area contributed by atoms with Gasteiger partial charge in [0, 0.05) is 19.3 Å². The number of aromatic nitrogens is 3. The number of hydrogen-bond acceptors (Lipinski definition) is 5. The summed E-state index contributed by atoms with van der Waals surface area (Å²) in [5, 5.41) is 4.28. The number of hydrogen-bond donors (Lipinski definition) is 0. The molecule has 0 aliphatic heterocycles. The van der Waals surface area contributed by atoms with Crippen molar-refractivity contribution >= 4 is 11.6 Å². The second-order valence-electron chi connectivity index (χ2n) is 4.69. The summed E-state index contributed by atoms with van der Waals surface area (Å²) in [6.07, 6.45) is 2.06. The van der Waals surface area contributed by atoms with Crippen molar-refractivity contribution in [3.05, 3.63) is 34.9 Å². The molecule has 0 atom stereocenters. The van der Waals surface area contributed by atoms with Crippen LogP contribution in [0.5, 0.6) is 0 Å². The van der Waals surface area contributed by atoms with Gasteiger partial charge < -0.3 is 9.64 Å². The lowest BCUT2D eigenvalue weighted by Crippen LogP contribution is -2.33. The number of fused-ring (bicyclic) bond motifs is 1. The number of pyridine rings is 1. The van der Waals surface area contributed by atoms with Gasteiger partial charge in [-0.1, -0.05) is 13.0 Å². The predicted octanol–water partition coefficient (Wildman–Crippen LogP) is 0.381. The van der Waals surface area contributed by atoms with Gasteiger partial charge in [0.25, 0.3) is 0 Å². The largest absolute Gasteiger partial charge is 0.469 e. The Bertz CT molecular complexity index is 662. The maximum atomic E-state index is 12.1. The van der Waals surface area contributed by atoms with E-state index in [2.05, 4.69) is 14.7 Å². The topological polar surface area (TPSA) is 68.8 Å². The molecule has 0 aliphatic carbocycles. The highest BCUT2D eigenvalue weighted by molar-refractivity contribution is 5.69. The first-order valence-electron chi connectivity index (χ1n) is 6.99. The van der Waals surface area contributed by atoms with E-state index in [1.54, 1.807) is 18.3 Å². The minimum absolute atomic E-state index is 0.144. The Morgan fingerprint density at radius 3 is 2.86 bits per heavy atom. The summed E-state index contributed by atoms with van der Waals surface area (Å²) in [5.41, 5.74) is 0.495. The molecule has 2 heterocycles. The summed E-state index contributed by atoms with van der Waals surface area (Å²) in [5.74, 6) is -0.224. The standard InChI is InChI=1S/C14H20N4O3/c1-3-16(9-7-13(19)21-2)10-11-18-14(20)17-8-5-4-6-12(17)15-18/h4-6,8H,3,7,9-11H2,1-2H3. The molecule has 2 aromatic rings. The minimum atomic E-state index is -0.224. The molecule has 7 nitrogen and oxygen atoms in total. The summed E-state index contributed by atoms with van der Waals surface area (Å²) in [4.78, 5) is 25.4. The summed E-state index contributed by atoms with van der Waals surface area (Å²) >= 11 is 0. The molecule has 0 aliphatic rings. The Labute approximate surface area is 122 Å². The van der Waals surface area contributed by atoms with Crippen molar-refractivity contribution in [1.82, 2.24) is 19.1 Å². The van der Waals surface area contributed by atoms with Crippen molar-refractivity contribution in [3.8, 4) is 0 Å². The zero-order chi connectivity index (χ0) is 15.2. The van der Waals surface area contributed by atoms with Gasteiger partial charge in [-0.05, 0) is 18.7 Å². The number of ether oxygens (including phenoxy) is 1. The lowest BCUT2D eigenvalue weighted by atomic mass is 10.3. The van der Waals surface area contributed by atoms with Crippen molar-refractivity contribution in [2.75, 3.05) is 26.7 Å². The molecule has 0 bridgehead atoms. The van der Waals surface area contributed by atoms with Crippen molar-refractivity contribution in [1.29, 1.82) is 0 Å². The van der Waals surface area contributed by atoms with Crippen LogP contribution in [0, 0.1) is 0 Å². The molecule has 7 heteroatoms. The van der Waals surface area contributed by atoms with Crippen LogP contribution >= 0.6 is 0 Å². The highest BCUT2D eigenvalue weighted by atomic mass is 16.5. The SMILES string of the molecule is CCN(CCC(=O)OC)CCn1nc2ccccn2c1=O. The molecule has 0 radical (unpaired) electrons. The number of likely N-dealkylation sites (N-methyl/N-ethyl adjacent to an activating group) is 1. The number of methoxy groups -OCH3 is 1. The highest BCUT2D eigenvalue weighted by Crippen LogP contribution is 1.97. The third kappa shape index (κ3) is 3.69. The van der Waals surface area contributed by atoms with Gasteiger partial charge in [0.2, 0.25) is 0 Å². The van der Waals surface area contributed by atoms with Gasteiger partial charge in [-0.3, -0.25) is 9.20 Å². The molecule has 2 aromatic heterocycles. The van der Waals surface area contributed by atoms with Crippen LogP contribution in [0.1, 0.15) is 13.3 Å². The maximum Gasteiger partial charge on any atom is 0.350 e. The predicted molar refractivity (Wildman–Crippen MR) is 78.2 cm³/mol. The van der Waals surface area contributed by atoms with Gasteiger partial charge in [0.1, 0.15) is 0 Å². The number of carbonyl (C=O) groups is 1. The number of carbonyl (C=O) groups excluding carboxylic acids is 1. The molecule has 0 spiro atoms. The molecule has 114 valence electrons. The number of rotatable bonds is 7. The molecule has 0 aromatic carbocycles. The van der Waals surface area contributed by atoms with E-state index in [-0.39, 0.29) is 11.7 Å². The smallest absolute Gasteiger partial charge is 0.350 e. The van der Waals surface area contributed by atoms with E-state index in [1.165, 1.54) is 16.2 Å². The molecular formula is C14H20N4O3. The third-order valence-corrected chi connectivity index (χ3v) is 3.42. The first-order chi connectivity index (χ1) is 10.2. The molecule has 0 unspecified atom stereocenters. The zero-order valence-corrected chi connectivity index (χ0v) is 12.4. The fraction of sp³-hybridized carbons (Fsp3) is 0.500. The van der Waals surface area contributed by atoms with E-state index in [1.807, 2.05) is 13.0 Å². The summed E-state index contributed by atoms with van der Waals surface area (Å²) in [6.45, 7) is 4.60.